The fraction of sp³-hybridized carbons (Fsp3) is 0.143. The smallest absolute Gasteiger partial charge is 0.266 e. The molecule has 0 aliphatic carbocycles. The minimum absolute atomic E-state index is 0.0642. The maximum atomic E-state index is 12.0. The van der Waals surface area contributed by atoms with Crippen LogP contribution in [-0.4, -0.2) is 24.7 Å². The zero-order valence-electron chi connectivity index (χ0n) is 11.9. The van der Waals surface area contributed by atoms with Crippen molar-refractivity contribution in [2.75, 3.05) is 6.54 Å². The van der Waals surface area contributed by atoms with Crippen LogP contribution in [0.3, 0.4) is 0 Å². The van der Waals surface area contributed by atoms with E-state index < -0.39 is 10.0 Å². The third-order valence-electron chi connectivity index (χ3n) is 3.02. The van der Waals surface area contributed by atoms with E-state index in [4.69, 9.17) is 4.42 Å². The molecule has 3 aromatic heterocycles. The Bertz CT molecular complexity index is 929. The Morgan fingerprint density at radius 1 is 1.22 bits per heavy atom. The van der Waals surface area contributed by atoms with Crippen LogP contribution in [0.2, 0.25) is 0 Å². The average molecular weight is 351 g/mol. The van der Waals surface area contributed by atoms with Gasteiger partial charge in [0.25, 0.3) is 5.56 Å². The fourth-order valence-electron chi connectivity index (χ4n) is 1.94. The predicted molar refractivity (Wildman–Crippen MR) is 85.7 cm³/mol. The lowest BCUT2D eigenvalue weighted by molar-refractivity contribution is 0.540. The van der Waals surface area contributed by atoms with Gasteiger partial charge in [-0.3, -0.25) is 4.79 Å². The Hall–Kier alpha value is -2.23. The van der Waals surface area contributed by atoms with Crippen LogP contribution in [0.15, 0.2) is 61.5 Å². The van der Waals surface area contributed by atoms with Crippen molar-refractivity contribution in [2.45, 2.75) is 10.8 Å². The number of nitrogens with zero attached hydrogens (tertiary/aromatic N) is 2. The number of sulfonamides is 1. The topological polar surface area (TPSA) is 94.2 Å². The van der Waals surface area contributed by atoms with Gasteiger partial charge in [-0.05, 0) is 29.6 Å². The monoisotopic (exact) mass is 351 g/mol. The highest BCUT2D eigenvalue weighted by molar-refractivity contribution is 7.91. The van der Waals surface area contributed by atoms with Gasteiger partial charge in [0, 0.05) is 12.6 Å². The van der Waals surface area contributed by atoms with Crippen molar-refractivity contribution in [1.29, 1.82) is 0 Å². The molecular weight excluding hydrogens is 338 g/mol. The van der Waals surface area contributed by atoms with Crippen LogP contribution >= 0.6 is 11.3 Å². The van der Waals surface area contributed by atoms with Gasteiger partial charge in [0.2, 0.25) is 10.0 Å². The van der Waals surface area contributed by atoms with Gasteiger partial charge in [-0.25, -0.2) is 17.8 Å². The Kier molecular flexibility index (Phi) is 4.42. The van der Waals surface area contributed by atoms with E-state index in [1.165, 1.54) is 23.1 Å². The minimum Gasteiger partial charge on any atom is -0.463 e. The lowest BCUT2D eigenvalue weighted by Crippen LogP contribution is -2.31. The molecule has 3 rings (SSSR count). The van der Waals surface area contributed by atoms with E-state index in [1.54, 1.807) is 29.6 Å². The maximum Gasteiger partial charge on any atom is 0.266 e. The molecule has 0 atom stereocenters. The van der Waals surface area contributed by atoms with Crippen molar-refractivity contribution < 1.29 is 12.8 Å². The summed E-state index contributed by atoms with van der Waals surface area (Å²) >= 11 is 1.13. The molecule has 3 heterocycles. The summed E-state index contributed by atoms with van der Waals surface area (Å²) in [5.74, 6) is 0.540. The number of hydrogen-bond acceptors (Lipinski definition) is 6. The molecule has 0 spiro atoms. The van der Waals surface area contributed by atoms with Crippen molar-refractivity contribution >= 4 is 21.4 Å². The normalized spacial score (nSPS) is 11.7. The lowest BCUT2D eigenvalue weighted by atomic mass is 10.3. The van der Waals surface area contributed by atoms with Crippen molar-refractivity contribution in [3.63, 3.8) is 0 Å². The second-order valence-electron chi connectivity index (χ2n) is 4.59. The summed E-state index contributed by atoms with van der Waals surface area (Å²) in [7, 11) is -3.55. The predicted octanol–water partition coefficient (Wildman–Crippen LogP) is 1.54. The molecule has 0 bridgehead atoms. The van der Waals surface area contributed by atoms with Crippen LogP contribution in [0.1, 0.15) is 0 Å². The molecule has 0 amide bonds. The summed E-state index contributed by atoms with van der Waals surface area (Å²) in [6, 6.07) is 9.58. The largest absolute Gasteiger partial charge is 0.463 e. The van der Waals surface area contributed by atoms with Gasteiger partial charge in [-0.15, -0.1) is 11.3 Å². The van der Waals surface area contributed by atoms with E-state index in [1.807, 2.05) is 0 Å². The van der Waals surface area contributed by atoms with E-state index >= 15 is 0 Å². The number of furan rings is 1. The van der Waals surface area contributed by atoms with Crippen LogP contribution in [0, 0.1) is 0 Å². The Balaban J connectivity index is 1.71. The highest BCUT2D eigenvalue weighted by atomic mass is 32.2. The van der Waals surface area contributed by atoms with Gasteiger partial charge in [-0.1, -0.05) is 6.07 Å². The SMILES string of the molecule is O=c1ccc(-c2ccco2)nn1CCNS(=O)(=O)c1cccs1. The van der Waals surface area contributed by atoms with Crippen molar-refractivity contribution in [2.24, 2.45) is 0 Å². The molecule has 1 N–H and O–H groups in total. The van der Waals surface area contributed by atoms with E-state index in [9.17, 15) is 13.2 Å². The fourth-order valence-corrected chi connectivity index (χ4v) is 4.00. The molecule has 7 nitrogen and oxygen atoms in total. The second-order valence-corrected chi connectivity index (χ2v) is 7.53. The Morgan fingerprint density at radius 2 is 2.09 bits per heavy atom. The molecule has 0 aliphatic heterocycles. The van der Waals surface area contributed by atoms with Crippen molar-refractivity contribution in [1.82, 2.24) is 14.5 Å². The van der Waals surface area contributed by atoms with Crippen LogP contribution in [0.4, 0.5) is 0 Å². The van der Waals surface area contributed by atoms with Crippen molar-refractivity contribution in [3.8, 4) is 11.5 Å². The van der Waals surface area contributed by atoms with E-state index in [0.717, 1.165) is 11.3 Å². The second kappa shape index (κ2) is 6.49. The van der Waals surface area contributed by atoms with Gasteiger partial charge in [0.05, 0.1) is 12.8 Å². The number of nitrogens with one attached hydrogen (secondary N) is 1. The highest BCUT2D eigenvalue weighted by Gasteiger charge is 2.14. The van der Waals surface area contributed by atoms with Crippen LogP contribution in [0.25, 0.3) is 11.5 Å². The summed E-state index contributed by atoms with van der Waals surface area (Å²) < 4.78 is 33.1. The van der Waals surface area contributed by atoms with Crippen LogP contribution < -0.4 is 10.3 Å². The zero-order chi connectivity index (χ0) is 16.3. The summed E-state index contributed by atoms with van der Waals surface area (Å²) in [6.45, 7) is 0.187. The number of hydrogen-bond donors (Lipinski definition) is 1. The molecule has 0 unspecified atom stereocenters. The summed E-state index contributed by atoms with van der Waals surface area (Å²) in [5.41, 5.74) is 0.200. The Morgan fingerprint density at radius 3 is 2.78 bits per heavy atom. The highest BCUT2D eigenvalue weighted by Crippen LogP contribution is 2.16. The first kappa shape index (κ1) is 15.7. The molecule has 0 radical (unpaired) electrons. The molecule has 0 aliphatic rings. The Labute approximate surface area is 136 Å². The summed E-state index contributed by atoms with van der Waals surface area (Å²) in [6.07, 6.45) is 1.52. The molecule has 0 aromatic carbocycles. The quantitative estimate of drug-likeness (QED) is 0.727. The number of rotatable bonds is 6. The standard InChI is InChI=1S/C14H13N3O4S2/c18-13-6-5-11(12-3-1-9-21-12)16-17(13)8-7-15-23(19,20)14-4-2-10-22-14/h1-6,9-10,15H,7-8H2. The first-order valence-electron chi connectivity index (χ1n) is 6.71. The van der Waals surface area contributed by atoms with E-state index in [0.29, 0.717) is 11.5 Å². The molecule has 9 heteroatoms. The van der Waals surface area contributed by atoms with Gasteiger partial charge < -0.3 is 4.42 Å². The first-order chi connectivity index (χ1) is 11.1. The van der Waals surface area contributed by atoms with Gasteiger partial charge in [-0.2, -0.15) is 5.10 Å². The van der Waals surface area contributed by atoms with Crippen LogP contribution in [-0.2, 0) is 16.6 Å². The van der Waals surface area contributed by atoms with Gasteiger partial charge in [0.1, 0.15) is 9.90 Å². The van der Waals surface area contributed by atoms with Gasteiger partial charge in [0.15, 0.2) is 5.76 Å². The lowest BCUT2D eigenvalue weighted by Gasteiger charge is -2.07. The summed E-state index contributed by atoms with van der Waals surface area (Å²) in [4.78, 5) is 11.8. The third kappa shape index (κ3) is 3.58. The molecule has 120 valence electrons. The zero-order valence-corrected chi connectivity index (χ0v) is 13.5. The van der Waals surface area contributed by atoms with Crippen molar-refractivity contribution in [3.05, 3.63) is 58.4 Å². The molecule has 3 aromatic rings. The van der Waals surface area contributed by atoms with E-state index in [-0.39, 0.29) is 22.9 Å². The minimum atomic E-state index is -3.55. The van der Waals surface area contributed by atoms with Gasteiger partial charge >= 0.3 is 0 Å². The molecule has 23 heavy (non-hydrogen) atoms. The third-order valence-corrected chi connectivity index (χ3v) is 5.87. The molecule has 0 saturated carbocycles. The molecule has 0 saturated heterocycles. The molecule has 0 fully saturated rings. The molecular formula is C14H13N3O4S2. The van der Waals surface area contributed by atoms with E-state index in [2.05, 4.69) is 9.82 Å². The number of thiophene rings is 1. The average Bonchev–Trinajstić information content (AvgIpc) is 3.23. The van der Waals surface area contributed by atoms with Crippen LogP contribution in [0.5, 0.6) is 0 Å². The maximum absolute atomic E-state index is 12.0. The number of aromatic nitrogens is 2. The first-order valence-corrected chi connectivity index (χ1v) is 9.08. The summed E-state index contributed by atoms with van der Waals surface area (Å²) in [5, 5.41) is 5.86.